The Hall–Kier alpha value is -1.26. The van der Waals surface area contributed by atoms with Gasteiger partial charge in [-0.1, -0.05) is 28.1 Å². The minimum atomic E-state index is -0.502. The predicted octanol–water partition coefficient (Wildman–Crippen LogP) is 3.10. The van der Waals surface area contributed by atoms with E-state index in [-0.39, 0.29) is 0 Å². The molecule has 1 aromatic carbocycles. The van der Waals surface area contributed by atoms with Gasteiger partial charge in [-0.05, 0) is 31.5 Å². The quantitative estimate of drug-likeness (QED) is 0.925. The maximum absolute atomic E-state index is 5.93. The molecule has 0 aliphatic carbocycles. The van der Waals surface area contributed by atoms with Crippen molar-refractivity contribution in [3.63, 3.8) is 0 Å². The van der Waals surface area contributed by atoms with Gasteiger partial charge in [-0.3, -0.25) is 0 Å². The van der Waals surface area contributed by atoms with Crippen molar-refractivity contribution in [1.29, 1.82) is 0 Å². The van der Waals surface area contributed by atoms with E-state index in [2.05, 4.69) is 25.9 Å². The van der Waals surface area contributed by atoms with Crippen molar-refractivity contribution >= 4 is 15.9 Å². The van der Waals surface area contributed by atoms with E-state index >= 15 is 0 Å². The van der Waals surface area contributed by atoms with Gasteiger partial charge in [-0.25, -0.2) is 9.97 Å². The lowest BCUT2D eigenvalue weighted by atomic mass is 10.1. The van der Waals surface area contributed by atoms with Crippen molar-refractivity contribution in [3.8, 4) is 11.1 Å². The van der Waals surface area contributed by atoms with Crippen LogP contribution in [0.5, 0.6) is 0 Å². The first-order valence-corrected chi connectivity index (χ1v) is 6.13. The lowest BCUT2D eigenvalue weighted by molar-refractivity contribution is 0.514. The SMILES string of the molecule is CC(C)(N)c1ncc(-c2ccc(Br)cc2)cn1. The number of nitrogens with zero attached hydrogens (tertiary/aromatic N) is 2. The van der Waals surface area contributed by atoms with Gasteiger partial charge < -0.3 is 5.73 Å². The number of hydrogen-bond donors (Lipinski definition) is 1. The molecule has 0 saturated heterocycles. The van der Waals surface area contributed by atoms with Gasteiger partial charge in [0, 0.05) is 22.4 Å². The molecule has 4 heteroatoms. The molecule has 0 bridgehead atoms. The first-order chi connectivity index (χ1) is 7.97. The van der Waals surface area contributed by atoms with Crippen molar-refractivity contribution in [2.75, 3.05) is 0 Å². The molecule has 17 heavy (non-hydrogen) atoms. The van der Waals surface area contributed by atoms with E-state index in [0.29, 0.717) is 5.82 Å². The summed E-state index contributed by atoms with van der Waals surface area (Å²) in [5.74, 6) is 0.651. The molecule has 0 amide bonds. The van der Waals surface area contributed by atoms with Crippen LogP contribution < -0.4 is 5.73 Å². The number of nitrogens with two attached hydrogens (primary N) is 1. The molecule has 0 fully saturated rings. The minimum Gasteiger partial charge on any atom is -0.319 e. The van der Waals surface area contributed by atoms with Gasteiger partial charge in [0.1, 0.15) is 5.82 Å². The van der Waals surface area contributed by atoms with E-state index in [1.54, 1.807) is 12.4 Å². The maximum Gasteiger partial charge on any atom is 0.147 e. The van der Waals surface area contributed by atoms with E-state index in [4.69, 9.17) is 5.73 Å². The fourth-order valence-electron chi connectivity index (χ4n) is 1.45. The van der Waals surface area contributed by atoms with E-state index in [0.717, 1.165) is 15.6 Å². The molecule has 2 N–H and O–H groups in total. The molecule has 0 aliphatic heterocycles. The van der Waals surface area contributed by atoms with Crippen LogP contribution in [0.2, 0.25) is 0 Å². The predicted molar refractivity (Wildman–Crippen MR) is 72.4 cm³/mol. The van der Waals surface area contributed by atoms with Gasteiger partial charge in [-0.2, -0.15) is 0 Å². The topological polar surface area (TPSA) is 51.8 Å². The van der Waals surface area contributed by atoms with Crippen LogP contribution in [-0.2, 0) is 5.54 Å². The third-order valence-electron chi connectivity index (χ3n) is 2.41. The van der Waals surface area contributed by atoms with Gasteiger partial charge in [0.05, 0.1) is 5.54 Å². The monoisotopic (exact) mass is 291 g/mol. The highest BCUT2D eigenvalue weighted by molar-refractivity contribution is 9.10. The lowest BCUT2D eigenvalue weighted by Crippen LogP contribution is -2.31. The number of rotatable bonds is 2. The second kappa shape index (κ2) is 4.55. The first kappa shape index (κ1) is 12.2. The van der Waals surface area contributed by atoms with E-state index in [1.807, 2.05) is 38.1 Å². The van der Waals surface area contributed by atoms with Crippen LogP contribution >= 0.6 is 15.9 Å². The molecule has 0 atom stereocenters. The lowest BCUT2D eigenvalue weighted by Gasteiger charge is -2.16. The Kier molecular flexibility index (Phi) is 3.26. The van der Waals surface area contributed by atoms with Gasteiger partial charge in [0.25, 0.3) is 0 Å². The van der Waals surface area contributed by atoms with Crippen LogP contribution in [0.3, 0.4) is 0 Å². The molecule has 0 aliphatic rings. The Balaban J connectivity index is 2.33. The van der Waals surface area contributed by atoms with Crippen molar-refractivity contribution < 1.29 is 0 Å². The van der Waals surface area contributed by atoms with Crippen LogP contribution in [-0.4, -0.2) is 9.97 Å². The van der Waals surface area contributed by atoms with Gasteiger partial charge in [0.15, 0.2) is 0 Å². The highest BCUT2D eigenvalue weighted by Crippen LogP contribution is 2.21. The Morgan fingerprint density at radius 2 is 1.53 bits per heavy atom. The second-order valence-electron chi connectivity index (χ2n) is 4.52. The standard InChI is InChI=1S/C13H14BrN3/c1-13(2,15)12-16-7-10(8-17-12)9-3-5-11(14)6-4-9/h3-8H,15H2,1-2H3. The van der Waals surface area contributed by atoms with Gasteiger partial charge in [0.2, 0.25) is 0 Å². The zero-order valence-electron chi connectivity index (χ0n) is 9.81. The van der Waals surface area contributed by atoms with Crippen LogP contribution in [0.4, 0.5) is 0 Å². The number of hydrogen-bond acceptors (Lipinski definition) is 3. The maximum atomic E-state index is 5.93. The fourth-order valence-corrected chi connectivity index (χ4v) is 1.72. The Bertz CT molecular complexity index is 498. The Morgan fingerprint density at radius 1 is 1.00 bits per heavy atom. The third-order valence-corrected chi connectivity index (χ3v) is 2.93. The van der Waals surface area contributed by atoms with Crippen molar-refractivity contribution in [3.05, 3.63) is 47.0 Å². The normalized spacial score (nSPS) is 11.5. The summed E-state index contributed by atoms with van der Waals surface area (Å²) in [6.07, 6.45) is 3.61. The molecule has 1 heterocycles. The summed E-state index contributed by atoms with van der Waals surface area (Å²) in [5.41, 5.74) is 7.52. The summed E-state index contributed by atoms with van der Waals surface area (Å²) in [7, 11) is 0. The molecule has 88 valence electrons. The molecular formula is C13H14BrN3. The molecule has 0 unspecified atom stereocenters. The second-order valence-corrected chi connectivity index (χ2v) is 5.44. The van der Waals surface area contributed by atoms with Gasteiger partial charge >= 0.3 is 0 Å². The molecule has 0 radical (unpaired) electrons. The fraction of sp³-hybridized carbons (Fsp3) is 0.231. The Labute approximate surface area is 109 Å². The highest BCUT2D eigenvalue weighted by Gasteiger charge is 2.17. The minimum absolute atomic E-state index is 0.502. The first-order valence-electron chi connectivity index (χ1n) is 5.34. The van der Waals surface area contributed by atoms with Crippen LogP contribution in [0.25, 0.3) is 11.1 Å². The van der Waals surface area contributed by atoms with Crippen LogP contribution in [0, 0.1) is 0 Å². The Morgan fingerprint density at radius 3 is 2.00 bits per heavy atom. The average Bonchev–Trinajstić information content (AvgIpc) is 2.29. The largest absolute Gasteiger partial charge is 0.319 e. The molecule has 0 saturated carbocycles. The molecule has 1 aromatic heterocycles. The summed E-state index contributed by atoms with van der Waals surface area (Å²) in [6, 6.07) is 8.04. The smallest absolute Gasteiger partial charge is 0.147 e. The average molecular weight is 292 g/mol. The third kappa shape index (κ3) is 2.90. The van der Waals surface area contributed by atoms with E-state index in [1.165, 1.54) is 0 Å². The van der Waals surface area contributed by atoms with Crippen molar-refractivity contribution in [2.45, 2.75) is 19.4 Å². The van der Waals surface area contributed by atoms with E-state index in [9.17, 15) is 0 Å². The molecule has 0 spiro atoms. The molecule has 2 rings (SSSR count). The highest BCUT2D eigenvalue weighted by atomic mass is 79.9. The number of benzene rings is 1. The summed E-state index contributed by atoms with van der Waals surface area (Å²) in [4.78, 5) is 8.60. The summed E-state index contributed by atoms with van der Waals surface area (Å²) in [5, 5.41) is 0. The van der Waals surface area contributed by atoms with Crippen molar-refractivity contribution in [2.24, 2.45) is 5.73 Å². The zero-order valence-corrected chi connectivity index (χ0v) is 11.4. The van der Waals surface area contributed by atoms with Crippen LogP contribution in [0.15, 0.2) is 41.1 Å². The number of aromatic nitrogens is 2. The molecule has 2 aromatic rings. The van der Waals surface area contributed by atoms with Crippen molar-refractivity contribution in [1.82, 2.24) is 9.97 Å². The molecule has 3 nitrogen and oxygen atoms in total. The zero-order chi connectivity index (χ0) is 12.5. The van der Waals surface area contributed by atoms with Crippen LogP contribution in [0.1, 0.15) is 19.7 Å². The summed E-state index contributed by atoms with van der Waals surface area (Å²) in [6.45, 7) is 3.78. The van der Waals surface area contributed by atoms with Gasteiger partial charge in [-0.15, -0.1) is 0 Å². The van der Waals surface area contributed by atoms with E-state index < -0.39 is 5.54 Å². The molecular weight excluding hydrogens is 278 g/mol. The number of halogens is 1. The summed E-state index contributed by atoms with van der Waals surface area (Å²) >= 11 is 3.41. The summed E-state index contributed by atoms with van der Waals surface area (Å²) < 4.78 is 1.06.